The molecule has 0 unspecified atom stereocenters. The molecule has 1 saturated heterocycles. The molecular formula is C27H31FN4O. The van der Waals surface area contributed by atoms with Crippen molar-refractivity contribution < 1.29 is 9.18 Å². The zero-order chi connectivity index (χ0) is 23.5. The second kappa shape index (κ2) is 9.69. The molecule has 4 rings (SSSR count). The number of carbonyl (C=O) groups is 1. The van der Waals surface area contributed by atoms with E-state index >= 15 is 0 Å². The van der Waals surface area contributed by atoms with Gasteiger partial charge in [-0.1, -0.05) is 43.7 Å². The monoisotopic (exact) mass is 446 g/mol. The summed E-state index contributed by atoms with van der Waals surface area (Å²) in [6, 6.07) is 14.3. The van der Waals surface area contributed by atoms with Gasteiger partial charge in [0.05, 0.1) is 0 Å². The minimum Gasteiger partial charge on any atom is -0.353 e. The molecule has 0 N–H and O–H groups in total. The van der Waals surface area contributed by atoms with Crippen molar-refractivity contribution in [1.82, 2.24) is 14.9 Å². The van der Waals surface area contributed by atoms with Gasteiger partial charge in [0.15, 0.2) is 0 Å². The molecule has 3 aromatic rings. The second-order valence-corrected chi connectivity index (χ2v) is 9.08. The van der Waals surface area contributed by atoms with E-state index < -0.39 is 0 Å². The molecular weight excluding hydrogens is 415 g/mol. The first-order valence-electron chi connectivity index (χ1n) is 11.5. The van der Waals surface area contributed by atoms with Crippen LogP contribution in [-0.4, -0.2) is 47.0 Å². The second-order valence-electron chi connectivity index (χ2n) is 9.08. The van der Waals surface area contributed by atoms with E-state index in [1.54, 1.807) is 12.1 Å². The summed E-state index contributed by atoms with van der Waals surface area (Å²) in [5, 5.41) is 0. The summed E-state index contributed by atoms with van der Waals surface area (Å²) in [6.07, 6.45) is 0.774. The zero-order valence-electron chi connectivity index (χ0n) is 19.8. The van der Waals surface area contributed by atoms with Crippen LogP contribution in [0.2, 0.25) is 0 Å². The van der Waals surface area contributed by atoms with Gasteiger partial charge in [0.2, 0.25) is 0 Å². The summed E-state index contributed by atoms with van der Waals surface area (Å²) in [5.41, 5.74) is 5.15. The maximum absolute atomic E-state index is 13.2. The summed E-state index contributed by atoms with van der Waals surface area (Å²) in [7, 11) is 0. The van der Waals surface area contributed by atoms with Crippen LogP contribution < -0.4 is 4.90 Å². The largest absolute Gasteiger partial charge is 0.353 e. The van der Waals surface area contributed by atoms with Crippen LogP contribution in [-0.2, 0) is 6.42 Å². The Morgan fingerprint density at radius 3 is 2.33 bits per heavy atom. The summed E-state index contributed by atoms with van der Waals surface area (Å²) in [5.74, 6) is 1.66. The van der Waals surface area contributed by atoms with E-state index in [1.807, 2.05) is 4.90 Å². The lowest BCUT2D eigenvalue weighted by Gasteiger charge is -2.36. The number of hydrogen-bond donors (Lipinski definition) is 0. The molecule has 0 bridgehead atoms. The molecule has 5 nitrogen and oxygen atoms in total. The number of piperazine rings is 1. The maximum atomic E-state index is 13.2. The molecule has 1 fully saturated rings. The highest BCUT2D eigenvalue weighted by Gasteiger charge is 2.26. The topological polar surface area (TPSA) is 49.3 Å². The molecule has 1 aliphatic heterocycles. The van der Waals surface area contributed by atoms with Crippen molar-refractivity contribution in [2.45, 2.75) is 40.0 Å². The molecule has 0 atom stereocenters. The molecule has 0 aliphatic carbocycles. The van der Waals surface area contributed by atoms with Gasteiger partial charge in [-0.15, -0.1) is 0 Å². The van der Waals surface area contributed by atoms with E-state index in [2.05, 4.69) is 56.9 Å². The highest BCUT2D eigenvalue weighted by Crippen LogP contribution is 2.27. The Morgan fingerprint density at radius 2 is 1.70 bits per heavy atom. The molecule has 1 amide bonds. The Labute approximate surface area is 195 Å². The van der Waals surface area contributed by atoms with Gasteiger partial charge >= 0.3 is 0 Å². The molecule has 0 radical (unpaired) electrons. The third kappa shape index (κ3) is 5.21. The summed E-state index contributed by atoms with van der Waals surface area (Å²) in [6.45, 7) is 11.0. The predicted octanol–water partition coefficient (Wildman–Crippen LogP) is 4.91. The van der Waals surface area contributed by atoms with Gasteiger partial charge in [-0.3, -0.25) is 4.79 Å². The third-order valence-corrected chi connectivity index (χ3v) is 6.15. The van der Waals surface area contributed by atoms with Crippen molar-refractivity contribution in [2.24, 2.45) is 0 Å². The van der Waals surface area contributed by atoms with Crippen molar-refractivity contribution >= 4 is 11.7 Å². The Bertz CT molecular complexity index is 1140. The fourth-order valence-corrected chi connectivity index (χ4v) is 4.25. The lowest BCUT2D eigenvalue weighted by atomic mass is 10.0. The minimum absolute atomic E-state index is 0.0589. The fourth-order valence-electron chi connectivity index (χ4n) is 4.25. The minimum atomic E-state index is -0.336. The number of aryl methyl sites for hydroxylation is 2. The first-order chi connectivity index (χ1) is 15.8. The number of aromatic nitrogens is 2. The Hall–Kier alpha value is -3.28. The van der Waals surface area contributed by atoms with Crippen LogP contribution in [0, 0.1) is 19.7 Å². The van der Waals surface area contributed by atoms with E-state index in [4.69, 9.17) is 9.97 Å². The lowest BCUT2D eigenvalue weighted by Crippen LogP contribution is -2.49. The number of halogens is 1. The molecule has 1 aliphatic rings. The van der Waals surface area contributed by atoms with Gasteiger partial charge in [0.25, 0.3) is 5.91 Å². The van der Waals surface area contributed by atoms with Crippen LogP contribution >= 0.6 is 0 Å². The average molecular weight is 447 g/mol. The molecule has 6 heteroatoms. The smallest absolute Gasteiger partial charge is 0.253 e. The number of rotatable bonds is 5. The van der Waals surface area contributed by atoms with Gasteiger partial charge in [-0.05, 0) is 43.7 Å². The normalized spacial score (nSPS) is 14.1. The molecule has 2 heterocycles. The van der Waals surface area contributed by atoms with Crippen molar-refractivity contribution in [2.75, 3.05) is 31.1 Å². The third-order valence-electron chi connectivity index (χ3n) is 6.15. The van der Waals surface area contributed by atoms with Gasteiger partial charge in [-0.25, -0.2) is 14.4 Å². The predicted molar refractivity (Wildman–Crippen MR) is 129 cm³/mol. The number of anilines is 1. The van der Waals surface area contributed by atoms with E-state index in [9.17, 15) is 9.18 Å². The van der Waals surface area contributed by atoms with E-state index in [1.165, 1.54) is 23.3 Å². The Kier molecular flexibility index (Phi) is 6.72. The maximum Gasteiger partial charge on any atom is 0.253 e. The SMILES string of the molecule is Cc1cccc(Cc2c(C)nc(C(C)C)nc2N2CCN(C(=O)c3ccc(F)cc3)CC2)c1. The van der Waals surface area contributed by atoms with Crippen LogP contribution in [0.5, 0.6) is 0 Å². The summed E-state index contributed by atoms with van der Waals surface area (Å²) in [4.78, 5) is 26.8. The Balaban J connectivity index is 1.57. The molecule has 1 aromatic heterocycles. The van der Waals surface area contributed by atoms with Crippen LogP contribution in [0.15, 0.2) is 48.5 Å². The number of benzene rings is 2. The number of amides is 1. The fraction of sp³-hybridized carbons (Fsp3) is 0.370. The van der Waals surface area contributed by atoms with Gasteiger partial charge in [0, 0.05) is 55.3 Å². The standard InChI is InChI=1S/C27H31FN4O/c1-18(2)25-29-20(4)24(17-21-7-5-6-19(3)16-21)26(30-25)31-12-14-32(15-13-31)27(33)22-8-10-23(28)11-9-22/h5-11,16,18H,12-15,17H2,1-4H3. The summed E-state index contributed by atoms with van der Waals surface area (Å²) >= 11 is 0. The highest BCUT2D eigenvalue weighted by atomic mass is 19.1. The quantitative estimate of drug-likeness (QED) is 0.559. The Morgan fingerprint density at radius 1 is 1.00 bits per heavy atom. The van der Waals surface area contributed by atoms with Crippen molar-refractivity contribution in [3.63, 3.8) is 0 Å². The molecule has 172 valence electrons. The average Bonchev–Trinajstić information content (AvgIpc) is 2.80. The summed E-state index contributed by atoms with van der Waals surface area (Å²) < 4.78 is 13.2. The molecule has 0 spiro atoms. The number of carbonyl (C=O) groups excluding carboxylic acids is 1. The lowest BCUT2D eigenvalue weighted by molar-refractivity contribution is 0.0746. The van der Waals surface area contributed by atoms with Crippen molar-refractivity contribution in [1.29, 1.82) is 0 Å². The number of hydrogen-bond acceptors (Lipinski definition) is 4. The first-order valence-corrected chi connectivity index (χ1v) is 11.5. The zero-order valence-corrected chi connectivity index (χ0v) is 19.8. The first kappa shape index (κ1) is 22.9. The van der Waals surface area contributed by atoms with E-state index in [-0.39, 0.29) is 17.6 Å². The van der Waals surface area contributed by atoms with Gasteiger partial charge < -0.3 is 9.80 Å². The highest BCUT2D eigenvalue weighted by molar-refractivity contribution is 5.94. The van der Waals surface area contributed by atoms with Gasteiger partial charge in [0.1, 0.15) is 17.5 Å². The van der Waals surface area contributed by atoms with Gasteiger partial charge in [-0.2, -0.15) is 0 Å². The van der Waals surface area contributed by atoms with Crippen molar-refractivity contribution in [3.8, 4) is 0 Å². The van der Waals surface area contributed by atoms with Crippen LogP contribution in [0.1, 0.15) is 58.3 Å². The molecule has 2 aromatic carbocycles. The van der Waals surface area contributed by atoms with Crippen molar-refractivity contribution in [3.05, 3.63) is 88.1 Å². The van der Waals surface area contributed by atoms with Crippen LogP contribution in [0.25, 0.3) is 0 Å². The number of nitrogens with zero attached hydrogens (tertiary/aromatic N) is 4. The van der Waals surface area contributed by atoms with E-state index in [0.717, 1.165) is 29.3 Å². The van der Waals surface area contributed by atoms with Crippen LogP contribution in [0.3, 0.4) is 0 Å². The molecule has 0 saturated carbocycles. The van der Waals surface area contributed by atoms with Crippen LogP contribution in [0.4, 0.5) is 10.2 Å². The van der Waals surface area contributed by atoms with E-state index in [0.29, 0.717) is 31.7 Å². The molecule has 33 heavy (non-hydrogen) atoms.